The Labute approximate surface area is 131 Å². The molecule has 0 spiro atoms. The van der Waals surface area contributed by atoms with E-state index in [-0.39, 0.29) is 30.3 Å². The van der Waals surface area contributed by atoms with Crippen LogP contribution in [-0.2, 0) is 9.53 Å². The van der Waals surface area contributed by atoms with Crippen LogP contribution in [0.1, 0.15) is 17.3 Å². The van der Waals surface area contributed by atoms with Crippen molar-refractivity contribution >= 4 is 17.6 Å². The number of amides is 1. The van der Waals surface area contributed by atoms with Crippen LogP contribution < -0.4 is 9.47 Å². The highest BCUT2D eigenvalue weighted by molar-refractivity contribution is 5.96. The Hall–Kier alpha value is -2.84. The summed E-state index contributed by atoms with van der Waals surface area (Å²) in [6.45, 7) is 1.93. The first-order valence-corrected chi connectivity index (χ1v) is 6.81. The summed E-state index contributed by atoms with van der Waals surface area (Å²) in [5, 5.41) is 11.2. The van der Waals surface area contributed by atoms with Gasteiger partial charge in [0.15, 0.2) is 17.6 Å². The van der Waals surface area contributed by atoms with E-state index >= 15 is 0 Å². The molecule has 1 amide bonds. The van der Waals surface area contributed by atoms with Crippen LogP contribution in [0.15, 0.2) is 12.1 Å². The molecule has 0 fully saturated rings. The third kappa shape index (κ3) is 3.50. The Balaban J connectivity index is 2.32. The molecule has 0 bridgehead atoms. The van der Waals surface area contributed by atoms with Gasteiger partial charge in [-0.05, 0) is 6.92 Å². The number of esters is 1. The molecule has 0 aromatic heterocycles. The summed E-state index contributed by atoms with van der Waals surface area (Å²) in [4.78, 5) is 35.6. The number of benzene rings is 1. The van der Waals surface area contributed by atoms with Crippen molar-refractivity contribution in [2.45, 2.75) is 13.0 Å². The van der Waals surface area contributed by atoms with Gasteiger partial charge in [0.25, 0.3) is 11.6 Å². The third-order valence-electron chi connectivity index (χ3n) is 3.15. The van der Waals surface area contributed by atoms with Gasteiger partial charge >= 0.3 is 5.97 Å². The van der Waals surface area contributed by atoms with Crippen molar-refractivity contribution in [2.75, 3.05) is 27.3 Å². The van der Waals surface area contributed by atoms with Gasteiger partial charge in [-0.1, -0.05) is 0 Å². The van der Waals surface area contributed by atoms with E-state index in [9.17, 15) is 19.7 Å². The number of nitro groups is 1. The highest BCUT2D eigenvalue weighted by atomic mass is 16.6. The van der Waals surface area contributed by atoms with E-state index in [1.807, 2.05) is 0 Å². The maximum Gasteiger partial charge on any atom is 0.346 e. The second-order valence-corrected chi connectivity index (χ2v) is 5.05. The molecule has 1 aliphatic heterocycles. The monoisotopic (exact) mass is 324 g/mol. The normalized spacial score (nSPS) is 13.9. The number of ether oxygens (including phenoxy) is 3. The number of hydrogen-bond acceptors (Lipinski definition) is 7. The number of likely N-dealkylation sites (N-methyl/N-ethyl adjacent to an activating group) is 1. The third-order valence-corrected chi connectivity index (χ3v) is 3.15. The van der Waals surface area contributed by atoms with Crippen LogP contribution >= 0.6 is 0 Å². The molecular weight excluding hydrogens is 308 g/mol. The number of rotatable bonds is 4. The number of nitrogens with zero attached hydrogens (tertiary/aromatic N) is 2. The Kier molecular flexibility index (Phi) is 4.68. The first-order chi connectivity index (χ1) is 10.8. The molecule has 1 aromatic rings. The average molecular weight is 324 g/mol. The van der Waals surface area contributed by atoms with Crippen LogP contribution in [0.5, 0.6) is 11.5 Å². The fourth-order valence-electron chi connectivity index (χ4n) is 2.03. The molecule has 1 aromatic carbocycles. The summed E-state index contributed by atoms with van der Waals surface area (Å²) in [6.07, 6.45) is -1.06. The maximum atomic E-state index is 12.2. The summed E-state index contributed by atoms with van der Waals surface area (Å²) < 4.78 is 15.6. The van der Waals surface area contributed by atoms with Gasteiger partial charge in [-0.3, -0.25) is 14.9 Å². The zero-order valence-corrected chi connectivity index (χ0v) is 12.9. The van der Waals surface area contributed by atoms with Crippen molar-refractivity contribution in [3.05, 3.63) is 27.8 Å². The summed E-state index contributed by atoms with van der Waals surface area (Å²) in [7, 11) is 3.03. The summed E-state index contributed by atoms with van der Waals surface area (Å²) in [5.74, 6) is -0.993. The molecule has 0 unspecified atom stereocenters. The van der Waals surface area contributed by atoms with Crippen LogP contribution in [0.4, 0.5) is 5.69 Å². The topological polar surface area (TPSA) is 108 Å². The maximum absolute atomic E-state index is 12.2. The Bertz CT molecular complexity index is 657. The molecule has 0 saturated carbocycles. The number of hydrogen-bond donors (Lipinski definition) is 0. The smallest absolute Gasteiger partial charge is 0.346 e. The van der Waals surface area contributed by atoms with Crippen LogP contribution in [-0.4, -0.2) is 55.1 Å². The standard InChI is InChI=1S/C14H16N2O7/c1-8(13(17)15(2)3)23-14(18)9-6-11-12(22-5-4-21-11)7-10(9)16(19)20/h6-8H,4-5H2,1-3H3/t8-/m0/s1. The molecule has 1 heterocycles. The first-order valence-electron chi connectivity index (χ1n) is 6.81. The molecular formula is C14H16N2O7. The average Bonchev–Trinajstić information content (AvgIpc) is 2.52. The van der Waals surface area contributed by atoms with E-state index < -0.39 is 28.6 Å². The van der Waals surface area contributed by atoms with Gasteiger partial charge in [0.05, 0.1) is 11.0 Å². The highest BCUT2D eigenvalue weighted by Crippen LogP contribution is 2.36. The summed E-state index contributed by atoms with van der Waals surface area (Å²) in [5.41, 5.74) is -0.763. The van der Waals surface area contributed by atoms with Gasteiger partial charge in [-0.25, -0.2) is 4.79 Å². The van der Waals surface area contributed by atoms with E-state index in [0.717, 1.165) is 6.07 Å². The zero-order chi connectivity index (χ0) is 17.1. The van der Waals surface area contributed by atoms with Crippen molar-refractivity contribution in [1.82, 2.24) is 4.90 Å². The van der Waals surface area contributed by atoms with Gasteiger partial charge in [0.2, 0.25) is 0 Å². The van der Waals surface area contributed by atoms with Crippen LogP contribution in [0, 0.1) is 10.1 Å². The van der Waals surface area contributed by atoms with E-state index in [0.29, 0.717) is 0 Å². The largest absolute Gasteiger partial charge is 0.486 e. The molecule has 9 heteroatoms. The van der Waals surface area contributed by atoms with Crippen molar-refractivity contribution in [3.63, 3.8) is 0 Å². The van der Waals surface area contributed by atoms with Crippen LogP contribution in [0.2, 0.25) is 0 Å². The van der Waals surface area contributed by atoms with Crippen molar-refractivity contribution in [1.29, 1.82) is 0 Å². The zero-order valence-electron chi connectivity index (χ0n) is 12.9. The number of carbonyl (C=O) groups excluding carboxylic acids is 2. The lowest BCUT2D eigenvalue weighted by Gasteiger charge is -2.20. The molecule has 23 heavy (non-hydrogen) atoms. The molecule has 0 radical (unpaired) electrons. The second-order valence-electron chi connectivity index (χ2n) is 5.05. The molecule has 2 rings (SSSR count). The number of fused-ring (bicyclic) bond motifs is 1. The molecule has 1 atom stereocenters. The van der Waals surface area contributed by atoms with E-state index in [1.165, 1.54) is 32.0 Å². The van der Waals surface area contributed by atoms with E-state index in [4.69, 9.17) is 14.2 Å². The van der Waals surface area contributed by atoms with E-state index in [2.05, 4.69) is 0 Å². The fourth-order valence-corrected chi connectivity index (χ4v) is 2.03. The van der Waals surface area contributed by atoms with Crippen LogP contribution in [0.3, 0.4) is 0 Å². The molecule has 9 nitrogen and oxygen atoms in total. The van der Waals surface area contributed by atoms with Gasteiger partial charge in [-0.15, -0.1) is 0 Å². The number of nitro benzene ring substituents is 1. The van der Waals surface area contributed by atoms with Crippen molar-refractivity contribution in [2.24, 2.45) is 0 Å². The second kappa shape index (κ2) is 6.51. The lowest BCUT2D eigenvalue weighted by Crippen LogP contribution is -2.35. The first kappa shape index (κ1) is 16.5. The summed E-state index contributed by atoms with van der Waals surface area (Å²) in [6, 6.07) is 2.31. The molecule has 0 N–H and O–H groups in total. The van der Waals surface area contributed by atoms with Gasteiger partial charge in [0, 0.05) is 20.2 Å². The Morgan fingerprint density at radius 2 is 1.83 bits per heavy atom. The molecule has 124 valence electrons. The molecule has 1 aliphatic rings. The quantitative estimate of drug-likeness (QED) is 0.462. The van der Waals surface area contributed by atoms with Gasteiger partial charge in [-0.2, -0.15) is 0 Å². The van der Waals surface area contributed by atoms with Crippen LogP contribution in [0.25, 0.3) is 0 Å². The highest BCUT2D eigenvalue weighted by Gasteiger charge is 2.29. The van der Waals surface area contributed by atoms with Gasteiger partial charge < -0.3 is 19.1 Å². The minimum absolute atomic E-state index is 0.192. The fraction of sp³-hybridized carbons (Fsp3) is 0.429. The Morgan fingerprint density at radius 3 is 2.35 bits per heavy atom. The van der Waals surface area contributed by atoms with Gasteiger partial charge in [0.1, 0.15) is 18.8 Å². The predicted molar refractivity (Wildman–Crippen MR) is 77.7 cm³/mol. The summed E-state index contributed by atoms with van der Waals surface area (Å²) >= 11 is 0. The molecule has 0 saturated heterocycles. The van der Waals surface area contributed by atoms with E-state index in [1.54, 1.807) is 0 Å². The van der Waals surface area contributed by atoms with Crippen molar-refractivity contribution < 1.29 is 28.7 Å². The number of carbonyl (C=O) groups is 2. The lowest BCUT2D eigenvalue weighted by atomic mass is 10.1. The predicted octanol–water partition coefficient (Wildman–Crippen LogP) is 0.999. The Morgan fingerprint density at radius 1 is 1.26 bits per heavy atom. The molecule has 0 aliphatic carbocycles. The SMILES string of the molecule is C[C@H](OC(=O)c1cc2c(cc1[N+](=O)[O-])OCCO2)C(=O)N(C)C. The lowest BCUT2D eigenvalue weighted by molar-refractivity contribution is -0.385. The minimum atomic E-state index is -1.06. The van der Waals surface area contributed by atoms with Crippen molar-refractivity contribution in [3.8, 4) is 11.5 Å². The minimum Gasteiger partial charge on any atom is -0.486 e.